The van der Waals surface area contributed by atoms with Crippen LogP contribution in [0.15, 0.2) is 35.3 Å². The number of ether oxygens (including phenoxy) is 2. The van der Waals surface area contributed by atoms with Crippen molar-refractivity contribution in [3.63, 3.8) is 0 Å². The lowest BCUT2D eigenvalue weighted by Crippen LogP contribution is -2.39. The first-order valence-electron chi connectivity index (χ1n) is 9.25. The van der Waals surface area contributed by atoms with E-state index in [0.717, 1.165) is 50.7 Å². The van der Waals surface area contributed by atoms with Gasteiger partial charge in [0.05, 0.1) is 19.8 Å². The molecular weight excluding hydrogens is 316 g/mol. The molecule has 142 valence electrons. The Morgan fingerprint density at radius 3 is 2.32 bits per heavy atom. The van der Waals surface area contributed by atoms with E-state index in [1.807, 2.05) is 18.2 Å². The molecule has 0 unspecified atom stereocenters. The van der Waals surface area contributed by atoms with Crippen molar-refractivity contribution in [2.75, 3.05) is 58.4 Å². The minimum absolute atomic E-state index is 0.641. The number of anilines is 1. The van der Waals surface area contributed by atoms with Crippen LogP contribution in [0, 0.1) is 0 Å². The van der Waals surface area contributed by atoms with Gasteiger partial charge < -0.3 is 25.4 Å². The van der Waals surface area contributed by atoms with Gasteiger partial charge in [-0.2, -0.15) is 0 Å². The third kappa shape index (κ3) is 12.3. The Morgan fingerprint density at radius 2 is 1.60 bits per heavy atom. The number of hydrogen-bond acceptors (Lipinski definition) is 4. The van der Waals surface area contributed by atoms with Crippen molar-refractivity contribution in [3.05, 3.63) is 30.3 Å². The van der Waals surface area contributed by atoms with Gasteiger partial charge in [-0.15, -0.1) is 0 Å². The summed E-state index contributed by atoms with van der Waals surface area (Å²) in [6.45, 7) is 7.47. The number of aliphatic imine (C=N–C) groups is 1. The van der Waals surface area contributed by atoms with Crippen molar-refractivity contribution >= 4 is 11.6 Å². The Morgan fingerprint density at radius 1 is 0.880 bits per heavy atom. The van der Waals surface area contributed by atoms with Gasteiger partial charge in [-0.3, -0.25) is 4.99 Å². The standard InChI is InChI=1S/C19H34N4O2/c1-3-4-14-24-16-17-25-15-13-23-19(20-2)22-12-8-11-21-18-9-6-5-7-10-18/h5-7,9-10,21H,3-4,8,11-17H2,1-2H3,(H2,20,22,23). The SMILES string of the molecule is CCCCOCCOCCNC(=NC)NCCCNc1ccccc1. The zero-order valence-electron chi connectivity index (χ0n) is 15.7. The molecule has 0 atom stereocenters. The fourth-order valence-electron chi connectivity index (χ4n) is 2.11. The number of guanidine groups is 1. The largest absolute Gasteiger partial charge is 0.385 e. The molecule has 3 N–H and O–H groups in total. The van der Waals surface area contributed by atoms with E-state index in [4.69, 9.17) is 9.47 Å². The molecular formula is C19H34N4O2. The summed E-state index contributed by atoms with van der Waals surface area (Å²) in [7, 11) is 1.78. The van der Waals surface area contributed by atoms with E-state index in [2.05, 4.69) is 40.0 Å². The zero-order chi connectivity index (χ0) is 18.0. The van der Waals surface area contributed by atoms with E-state index in [9.17, 15) is 0 Å². The number of nitrogens with zero attached hydrogens (tertiary/aromatic N) is 1. The van der Waals surface area contributed by atoms with Crippen LogP contribution in [0.3, 0.4) is 0 Å². The number of nitrogens with one attached hydrogen (secondary N) is 3. The van der Waals surface area contributed by atoms with E-state index in [-0.39, 0.29) is 0 Å². The predicted molar refractivity (Wildman–Crippen MR) is 105 cm³/mol. The first-order chi connectivity index (χ1) is 12.4. The highest BCUT2D eigenvalue weighted by molar-refractivity contribution is 5.79. The van der Waals surface area contributed by atoms with Crippen LogP contribution in [0.2, 0.25) is 0 Å². The molecule has 6 heteroatoms. The van der Waals surface area contributed by atoms with Crippen molar-refractivity contribution in [1.82, 2.24) is 10.6 Å². The smallest absolute Gasteiger partial charge is 0.191 e. The average molecular weight is 351 g/mol. The van der Waals surface area contributed by atoms with Crippen LogP contribution < -0.4 is 16.0 Å². The topological polar surface area (TPSA) is 66.9 Å². The molecule has 0 spiro atoms. The van der Waals surface area contributed by atoms with Gasteiger partial charge in [0.1, 0.15) is 0 Å². The van der Waals surface area contributed by atoms with Gasteiger partial charge in [0.2, 0.25) is 0 Å². The van der Waals surface area contributed by atoms with Crippen molar-refractivity contribution in [3.8, 4) is 0 Å². The maximum Gasteiger partial charge on any atom is 0.191 e. The number of unbranched alkanes of at least 4 members (excludes halogenated alkanes) is 1. The van der Waals surface area contributed by atoms with Crippen molar-refractivity contribution in [2.45, 2.75) is 26.2 Å². The van der Waals surface area contributed by atoms with Gasteiger partial charge in [-0.05, 0) is 25.0 Å². The Kier molecular flexibility index (Phi) is 13.4. The Labute approximate surface area is 152 Å². The van der Waals surface area contributed by atoms with Crippen LogP contribution in [-0.4, -0.2) is 59.1 Å². The second kappa shape index (κ2) is 15.7. The molecule has 0 fully saturated rings. The molecule has 0 radical (unpaired) electrons. The summed E-state index contributed by atoms with van der Waals surface area (Å²) >= 11 is 0. The average Bonchev–Trinajstić information content (AvgIpc) is 2.65. The number of benzene rings is 1. The van der Waals surface area contributed by atoms with Gasteiger partial charge in [0.25, 0.3) is 0 Å². The number of para-hydroxylation sites is 1. The third-order valence-electron chi connectivity index (χ3n) is 3.53. The molecule has 0 aliphatic carbocycles. The summed E-state index contributed by atoms with van der Waals surface area (Å²) < 4.78 is 11.0. The minimum Gasteiger partial charge on any atom is -0.385 e. The normalized spacial score (nSPS) is 11.4. The highest BCUT2D eigenvalue weighted by Crippen LogP contribution is 2.03. The van der Waals surface area contributed by atoms with Crippen LogP contribution in [0.1, 0.15) is 26.2 Å². The third-order valence-corrected chi connectivity index (χ3v) is 3.53. The van der Waals surface area contributed by atoms with Gasteiger partial charge in [-0.25, -0.2) is 0 Å². The monoisotopic (exact) mass is 350 g/mol. The van der Waals surface area contributed by atoms with Crippen LogP contribution >= 0.6 is 0 Å². The molecule has 0 saturated heterocycles. The molecule has 1 aromatic rings. The van der Waals surface area contributed by atoms with E-state index in [0.29, 0.717) is 19.8 Å². The molecule has 0 aliphatic heterocycles. The molecule has 1 aromatic carbocycles. The summed E-state index contributed by atoms with van der Waals surface area (Å²) in [4.78, 5) is 4.21. The van der Waals surface area contributed by atoms with E-state index >= 15 is 0 Å². The molecule has 1 rings (SSSR count). The fourth-order valence-corrected chi connectivity index (χ4v) is 2.11. The Balaban J connectivity index is 1.92. The lowest BCUT2D eigenvalue weighted by molar-refractivity contribution is 0.0487. The van der Waals surface area contributed by atoms with Crippen LogP contribution in [0.5, 0.6) is 0 Å². The number of hydrogen-bond donors (Lipinski definition) is 3. The van der Waals surface area contributed by atoms with Crippen LogP contribution in [0.4, 0.5) is 5.69 Å². The van der Waals surface area contributed by atoms with Crippen LogP contribution in [-0.2, 0) is 9.47 Å². The van der Waals surface area contributed by atoms with Crippen molar-refractivity contribution in [1.29, 1.82) is 0 Å². The molecule has 0 aliphatic rings. The minimum atomic E-state index is 0.641. The van der Waals surface area contributed by atoms with Gasteiger partial charge in [-0.1, -0.05) is 31.5 Å². The van der Waals surface area contributed by atoms with Crippen LogP contribution in [0.25, 0.3) is 0 Å². The van der Waals surface area contributed by atoms with E-state index < -0.39 is 0 Å². The van der Waals surface area contributed by atoms with E-state index in [1.165, 1.54) is 6.42 Å². The first kappa shape index (κ1) is 21.3. The second-order valence-corrected chi connectivity index (χ2v) is 5.65. The summed E-state index contributed by atoms with van der Waals surface area (Å²) in [6, 6.07) is 10.2. The molecule has 6 nitrogen and oxygen atoms in total. The molecule has 0 bridgehead atoms. The quantitative estimate of drug-likeness (QED) is 0.273. The zero-order valence-corrected chi connectivity index (χ0v) is 15.7. The maximum absolute atomic E-state index is 5.52. The summed E-state index contributed by atoms with van der Waals surface area (Å²) in [6.07, 6.45) is 3.30. The van der Waals surface area contributed by atoms with E-state index in [1.54, 1.807) is 7.05 Å². The molecule has 0 amide bonds. The predicted octanol–water partition coefficient (Wildman–Crippen LogP) is 2.49. The van der Waals surface area contributed by atoms with Gasteiger partial charge in [0, 0.05) is 39.0 Å². The fraction of sp³-hybridized carbons (Fsp3) is 0.632. The lowest BCUT2D eigenvalue weighted by Gasteiger charge is -2.12. The van der Waals surface area contributed by atoms with Gasteiger partial charge >= 0.3 is 0 Å². The summed E-state index contributed by atoms with van der Waals surface area (Å²) in [5.41, 5.74) is 1.15. The summed E-state index contributed by atoms with van der Waals surface area (Å²) in [5, 5.41) is 9.93. The molecule has 0 heterocycles. The van der Waals surface area contributed by atoms with Crippen molar-refractivity contribution in [2.24, 2.45) is 4.99 Å². The van der Waals surface area contributed by atoms with Gasteiger partial charge in [0.15, 0.2) is 5.96 Å². The number of rotatable bonds is 14. The second-order valence-electron chi connectivity index (χ2n) is 5.65. The Hall–Kier alpha value is -1.79. The maximum atomic E-state index is 5.52. The lowest BCUT2D eigenvalue weighted by atomic mass is 10.3. The molecule has 0 saturated carbocycles. The highest BCUT2D eigenvalue weighted by Gasteiger charge is 1.97. The molecule has 25 heavy (non-hydrogen) atoms. The summed E-state index contributed by atoms with van der Waals surface area (Å²) in [5.74, 6) is 0.808. The molecule has 0 aromatic heterocycles. The van der Waals surface area contributed by atoms with Crippen molar-refractivity contribution < 1.29 is 9.47 Å². The first-order valence-corrected chi connectivity index (χ1v) is 9.25. The Bertz CT molecular complexity index is 440. The highest BCUT2D eigenvalue weighted by atomic mass is 16.5.